The van der Waals surface area contributed by atoms with Crippen LogP contribution in [0.4, 0.5) is 24.5 Å². The Morgan fingerprint density at radius 1 is 0.895 bits per heavy atom. The van der Waals surface area contributed by atoms with Gasteiger partial charge in [-0.25, -0.2) is 4.90 Å². The summed E-state index contributed by atoms with van der Waals surface area (Å²) in [5.74, 6) is -3.50. The van der Waals surface area contributed by atoms with Gasteiger partial charge in [-0.05, 0) is 53.6 Å². The first-order valence-corrected chi connectivity index (χ1v) is 12.6. The molecule has 0 unspecified atom stereocenters. The summed E-state index contributed by atoms with van der Waals surface area (Å²) in [6.45, 7) is 0. The average Bonchev–Trinajstić information content (AvgIpc) is 3.36. The van der Waals surface area contributed by atoms with Gasteiger partial charge in [0.2, 0.25) is 17.7 Å². The minimum absolute atomic E-state index is 0.0492. The molecule has 6 nitrogen and oxygen atoms in total. The number of nitrogens with zero attached hydrogens (tertiary/aromatic N) is 2. The Labute approximate surface area is 223 Å². The Kier molecular flexibility index (Phi) is 5.68. The van der Waals surface area contributed by atoms with Crippen LogP contribution in [-0.2, 0) is 20.6 Å². The van der Waals surface area contributed by atoms with Gasteiger partial charge in [0.25, 0.3) is 0 Å². The lowest BCUT2D eigenvalue weighted by atomic mass is 9.84. The Hall–Kier alpha value is -3.92. The van der Waals surface area contributed by atoms with Gasteiger partial charge >= 0.3 is 6.18 Å². The highest BCUT2D eigenvalue weighted by Crippen LogP contribution is 2.53. The van der Waals surface area contributed by atoms with Crippen LogP contribution < -0.4 is 10.2 Å². The third-order valence-corrected chi connectivity index (χ3v) is 7.75. The number of hydrogen-bond donors (Lipinski definition) is 1. The minimum Gasteiger partial charge on any atom is -0.357 e. The molecule has 192 valence electrons. The van der Waals surface area contributed by atoms with Gasteiger partial charge in [-0.15, -0.1) is 0 Å². The van der Waals surface area contributed by atoms with E-state index in [1.807, 2.05) is 24.3 Å². The zero-order chi connectivity index (χ0) is 26.8. The molecule has 3 heterocycles. The van der Waals surface area contributed by atoms with Crippen molar-refractivity contribution in [3.63, 3.8) is 0 Å². The van der Waals surface area contributed by atoms with Gasteiger partial charge in [-0.1, -0.05) is 52.3 Å². The molecule has 0 aliphatic carbocycles. The standard InChI is InChI=1S/C28H19BrF3N3O3/c29-17-7-4-9-19(14-17)35-26(37)21-22(27(35)38)24(34-12-11-15-5-1-2-10-20(15)23(21)34)25(36)33-18-8-3-6-16(13-18)28(30,31)32/h1-14,21-24H,(H,33,36)/t21-,22+,23-,24-/m0/s1. The smallest absolute Gasteiger partial charge is 0.357 e. The van der Waals surface area contributed by atoms with Gasteiger partial charge in [-0.3, -0.25) is 14.4 Å². The number of rotatable bonds is 3. The molecule has 38 heavy (non-hydrogen) atoms. The van der Waals surface area contributed by atoms with E-state index >= 15 is 0 Å². The third-order valence-electron chi connectivity index (χ3n) is 7.25. The second-order valence-electron chi connectivity index (χ2n) is 9.39. The third kappa shape index (κ3) is 3.82. The van der Waals surface area contributed by atoms with Crippen molar-refractivity contribution in [3.8, 4) is 0 Å². The Morgan fingerprint density at radius 2 is 1.63 bits per heavy atom. The van der Waals surface area contributed by atoms with Crippen molar-refractivity contribution < 1.29 is 27.6 Å². The predicted molar refractivity (Wildman–Crippen MR) is 138 cm³/mol. The van der Waals surface area contributed by atoms with E-state index in [1.165, 1.54) is 12.1 Å². The Bertz CT molecular complexity index is 1520. The number of fused-ring (bicyclic) bond motifs is 5. The van der Waals surface area contributed by atoms with Crippen LogP contribution in [0, 0.1) is 11.8 Å². The van der Waals surface area contributed by atoms with Crippen molar-refractivity contribution in [2.45, 2.75) is 18.3 Å². The van der Waals surface area contributed by atoms with Gasteiger partial charge < -0.3 is 10.2 Å². The molecule has 3 aliphatic heterocycles. The lowest BCUT2D eigenvalue weighted by molar-refractivity contribution is -0.137. The Morgan fingerprint density at radius 3 is 2.39 bits per heavy atom. The van der Waals surface area contributed by atoms with Crippen LogP contribution in [0.15, 0.2) is 83.5 Å². The molecular formula is C28H19BrF3N3O3. The van der Waals surface area contributed by atoms with E-state index in [1.54, 1.807) is 41.4 Å². The van der Waals surface area contributed by atoms with Crippen LogP contribution in [0.3, 0.4) is 0 Å². The fourth-order valence-electron chi connectivity index (χ4n) is 5.72. The van der Waals surface area contributed by atoms with Gasteiger partial charge in [0.05, 0.1) is 29.1 Å². The van der Waals surface area contributed by atoms with Crippen molar-refractivity contribution in [2.75, 3.05) is 10.2 Å². The number of imide groups is 1. The zero-order valence-electron chi connectivity index (χ0n) is 19.5. The summed E-state index contributed by atoms with van der Waals surface area (Å²) >= 11 is 3.37. The molecule has 0 spiro atoms. The molecule has 0 radical (unpaired) electrons. The van der Waals surface area contributed by atoms with Crippen molar-refractivity contribution in [3.05, 3.63) is 100 Å². The molecule has 0 saturated carbocycles. The number of alkyl halides is 3. The highest BCUT2D eigenvalue weighted by molar-refractivity contribution is 9.10. The van der Waals surface area contributed by atoms with Crippen molar-refractivity contribution in [1.82, 2.24) is 4.90 Å². The fourth-order valence-corrected chi connectivity index (χ4v) is 6.10. The highest BCUT2D eigenvalue weighted by atomic mass is 79.9. The van der Waals surface area contributed by atoms with Crippen molar-refractivity contribution in [2.24, 2.45) is 11.8 Å². The largest absolute Gasteiger partial charge is 0.416 e. The zero-order valence-corrected chi connectivity index (χ0v) is 21.1. The van der Waals surface area contributed by atoms with Crippen LogP contribution in [0.1, 0.15) is 22.7 Å². The predicted octanol–water partition coefficient (Wildman–Crippen LogP) is 5.62. The molecule has 3 aromatic carbocycles. The van der Waals surface area contributed by atoms with E-state index in [0.717, 1.165) is 28.2 Å². The molecular weight excluding hydrogens is 563 g/mol. The van der Waals surface area contributed by atoms with E-state index in [0.29, 0.717) is 10.2 Å². The number of benzene rings is 3. The summed E-state index contributed by atoms with van der Waals surface area (Å²) < 4.78 is 40.4. The first-order valence-electron chi connectivity index (χ1n) is 11.8. The summed E-state index contributed by atoms with van der Waals surface area (Å²) in [4.78, 5) is 44.1. The van der Waals surface area contributed by atoms with Gasteiger partial charge in [-0.2, -0.15) is 13.2 Å². The van der Waals surface area contributed by atoms with Crippen LogP contribution in [0.25, 0.3) is 6.08 Å². The van der Waals surface area contributed by atoms with Gasteiger partial charge in [0.15, 0.2) is 0 Å². The summed E-state index contributed by atoms with van der Waals surface area (Å²) in [5.41, 5.74) is 1.10. The first kappa shape index (κ1) is 24.4. The summed E-state index contributed by atoms with van der Waals surface area (Å²) in [7, 11) is 0. The number of nitrogens with one attached hydrogen (secondary N) is 1. The molecule has 1 N–H and O–H groups in total. The van der Waals surface area contributed by atoms with Gasteiger partial charge in [0, 0.05) is 16.4 Å². The monoisotopic (exact) mass is 581 g/mol. The van der Waals surface area contributed by atoms with Gasteiger partial charge in [0.1, 0.15) is 6.04 Å². The topological polar surface area (TPSA) is 69.7 Å². The maximum absolute atomic E-state index is 13.8. The molecule has 3 aliphatic rings. The number of hydrogen-bond acceptors (Lipinski definition) is 4. The van der Waals surface area contributed by atoms with E-state index < -0.39 is 53.4 Å². The molecule has 2 fully saturated rings. The molecule has 6 rings (SSSR count). The van der Waals surface area contributed by atoms with E-state index in [-0.39, 0.29) is 5.69 Å². The van der Waals surface area contributed by atoms with Crippen molar-refractivity contribution in [1.29, 1.82) is 0 Å². The summed E-state index contributed by atoms with van der Waals surface area (Å²) in [6, 6.07) is 16.8. The molecule has 0 bridgehead atoms. The van der Waals surface area contributed by atoms with E-state index in [2.05, 4.69) is 21.2 Å². The maximum Gasteiger partial charge on any atom is 0.416 e. The lowest BCUT2D eigenvalue weighted by Gasteiger charge is -2.35. The van der Waals surface area contributed by atoms with Crippen molar-refractivity contribution >= 4 is 51.1 Å². The fraction of sp³-hybridized carbons (Fsp3) is 0.179. The molecule has 4 atom stereocenters. The van der Waals surface area contributed by atoms with Crippen LogP contribution in [-0.4, -0.2) is 28.7 Å². The number of amides is 3. The second-order valence-corrected chi connectivity index (χ2v) is 10.3. The normalized spacial score (nSPS) is 23.8. The quantitative estimate of drug-likeness (QED) is 0.407. The molecule has 0 aromatic heterocycles. The van der Waals surface area contributed by atoms with E-state index in [4.69, 9.17) is 0 Å². The number of carbonyl (C=O) groups excluding carboxylic acids is 3. The average molecular weight is 582 g/mol. The van der Waals surface area contributed by atoms with Crippen LogP contribution in [0.5, 0.6) is 0 Å². The first-order chi connectivity index (χ1) is 18.1. The number of halogens is 4. The van der Waals surface area contributed by atoms with Crippen LogP contribution in [0.2, 0.25) is 0 Å². The Balaban J connectivity index is 1.42. The van der Waals surface area contributed by atoms with Crippen LogP contribution >= 0.6 is 15.9 Å². The lowest BCUT2D eigenvalue weighted by Crippen LogP contribution is -2.46. The number of anilines is 2. The highest BCUT2D eigenvalue weighted by Gasteiger charge is 2.64. The molecule has 2 saturated heterocycles. The summed E-state index contributed by atoms with van der Waals surface area (Å²) in [6.07, 6.45) is -1.09. The molecule has 3 amide bonds. The second kappa shape index (κ2) is 8.83. The summed E-state index contributed by atoms with van der Waals surface area (Å²) in [5, 5.41) is 2.56. The maximum atomic E-state index is 13.8. The number of carbonyl (C=O) groups is 3. The minimum atomic E-state index is -4.58. The SMILES string of the molecule is O=C(Nc1cccc(C(F)(F)F)c1)[C@@H]1[C@@H]2C(=O)N(c3cccc(Br)c3)C(=O)[C@@H]2[C@@H]2c3ccccc3C=CN12. The van der Waals surface area contributed by atoms with E-state index in [9.17, 15) is 27.6 Å². The molecule has 3 aromatic rings. The molecule has 10 heteroatoms.